The quantitative estimate of drug-likeness (QED) is 0.121. The first kappa shape index (κ1) is 59.7. The fourth-order valence-electron chi connectivity index (χ4n) is 7.89. The molecule has 0 radical (unpaired) electrons. The zero-order valence-electron chi connectivity index (χ0n) is 42.1. The van der Waals surface area contributed by atoms with Crippen LogP contribution in [0.25, 0.3) is 21.8 Å². The van der Waals surface area contributed by atoms with E-state index in [0.29, 0.717) is 45.3 Å². The van der Waals surface area contributed by atoms with E-state index in [2.05, 4.69) is 31.2 Å². The largest absolute Gasteiger partial charge is 0.505 e. The molecule has 3 unspecified atom stereocenters. The van der Waals surface area contributed by atoms with E-state index in [1.165, 1.54) is 78.5 Å². The Morgan fingerprint density at radius 1 is 0.645 bits per heavy atom. The summed E-state index contributed by atoms with van der Waals surface area (Å²) in [5.74, 6) is -7.55. The van der Waals surface area contributed by atoms with Gasteiger partial charge >= 0.3 is 0 Å². The Morgan fingerprint density at radius 3 is 1.59 bits per heavy atom. The number of amides is 7. The number of hydrogen-bond acceptors (Lipinski definition) is 21. The lowest BCUT2D eigenvalue weighted by molar-refractivity contribution is -0.144. The van der Waals surface area contributed by atoms with Crippen LogP contribution in [0.5, 0.6) is 11.5 Å². The molecule has 2 fully saturated rings. The first-order chi connectivity index (χ1) is 36.2. The highest BCUT2D eigenvalue weighted by molar-refractivity contribution is 8.76. The Labute approximate surface area is 462 Å². The van der Waals surface area contributed by atoms with Gasteiger partial charge < -0.3 is 51.3 Å². The lowest BCUT2D eigenvalue weighted by Gasteiger charge is -2.39. The Kier molecular flexibility index (Phi) is 21.8. The third-order valence-electron chi connectivity index (χ3n) is 12.5. The maximum atomic E-state index is 14.7. The second-order valence-corrected chi connectivity index (χ2v) is 23.9. The van der Waals surface area contributed by atoms with Crippen molar-refractivity contribution >= 4 is 142 Å². The van der Waals surface area contributed by atoms with Crippen LogP contribution < -0.4 is 21.3 Å². The fraction of sp³-hybridized carbons (Fsp3) is 0.438. The lowest BCUT2D eigenvalue weighted by Crippen LogP contribution is -2.59. The second kappa shape index (κ2) is 27.7. The molecule has 7 atom stereocenters. The van der Waals surface area contributed by atoms with E-state index in [4.69, 9.17) is 0 Å². The number of pyridine rings is 2. The molecule has 408 valence electrons. The van der Waals surface area contributed by atoms with Crippen molar-refractivity contribution in [2.45, 2.75) is 42.5 Å². The first-order valence-electron chi connectivity index (χ1n) is 23.3. The van der Waals surface area contributed by atoms with Crippen LogP contribution in [0.3, 0.4) is 0 Å². The minimum absolute atomic E-state index is 0.0287. The van der Waals surface area contributed by atoms with E-state index in [-0.39, 0.29) is 23.0 Å². The third kappa shape index (κ3) is 14.7. The van der Waals surface area contributed by atoms with Crippen LogP contribution in [0.4, 0.5) is 0 Å². The number of nitrogens with one attached hydrogen (secondary N) is 4. The highest BCUT2D eigenvalue weighted by Crippen LogP contribution is 2.30. The van der Waals surface area contributed by atoms with Crippen LogP contribution in [0, 0.1) is 0 Å². The number of hydrogen-bond donors (Lipinski definition) is 7. The average molecular weight is 1160 g/mol. The summed E-state index contributed by atoms with van der Waals surface area (Å²) in [4.78, 5) is 141. The van der Waals surface area contributed by atoms with Gasteiger partial charge in [-0.1, -0.05) is 81.5 Å². The molecule has 4 aromatic rings. The zero-order valence-corrected chi connectivity index (χ0v) is 47.0. The number of fused-ring (bicyclic) bond motifs is 7. The summed E-state index contributed by atoms with van der Waals surface area (Å²) in [7, 11) is 7.89. The number of carbonyl (C=O) groups excluding carboxylic acids is 9. The minimum atomic E-state index is -1.57. The van der Waals surface area contributed by atoms with Crippen molar-refractivity contribution in [3.05, 3.63) is 72.1 Å². The summed E-state index contributed by atoms with van der Waals surface area (Å²) in [6, 6.07) is 8.50. The average Bonchev–Trinajstić information content (AvgIpc) is 3.41. The number of para-hydroxylation sites is 2. The summed E-state index contributed by atoms with van der Waals surface area (Å²) in [6.45, 7) is -1.34. The molecule has 76 heavy (non-hydrogen) atoms. The predicted molar refractivity (Wildman–Crippen MR) is 299 cm³/mol. The van der Waals surface area contributed by atoms with E-state index in [0.717, 1.165) is 26.5 Å². The molecule has 2 bridgehead atoms. The number of benzene rings is 2. The van der Waals surface area contributed by atoms with E-state index in [9.17, 15) is 58.5 Å². The predicted octanol–water partition coefficient (Wildman–Crippen LogP) is 1.08. The molecule has 2 aliphatic rings. The number of aromatic hydroxyl groups is 2. The molecule has 0 saturated carbocycles. The summed E-state index contributed by atoms with van der Waals surface area (Å²) in [5, 5.41) is 44.0. The van der Waals surface area contributed by atoms with E-state index < -0.39 is 142 Å². The third-order valence-corrected chi connectivity index (χ3v) is 18.4. The standard InChI is InChI=1S/C48H58N10O12S6/c1-55-31-23-75-76-24-32(46(68)58(4)34(22-72-6)48(70)74-19-29(41(63)49-17-37(55)61)53-43(65)39-35(59)15-25-11-7-9-13-27(25)51-39)56(2)38(62)18-50-42(64)30(20-73-47(69)33(21-71-5)57(3)45(31)67)54-44(66)40-36(60)16-26-12-8-10-14-28(26)52-40/h7-16,29-34,45,59-60,67H,17-24H2,1-6H3,(H,49,63)(H,50,64)(H,53,65)(H,54,66)/t29-,30-,31?,32?,33+,34+,45?/m1/s1. The maximum absolute atomic E-state index is 14.7. The molecule has 2 aliphatic heterocycles. The molecule has 4 heterocycles. The Morgan fingerprint density at radius 2 is 1.09 bits per heavy atom. The number of aliphatic hydroxyl groups is 1. The van der Waals surface area contributed by atoms with Gasteiger partial charge in [0, 0.05) is 66.4 Å². The molecule has 2 aromatic carbocycles. The normalized spacial score (nSPS) is 24.0. The van der Waals surface area contributed by atoms with Gasteiger partial charge in [0.05, 0.1) is 36.2 Å². The van der Waals surface area contributed by atoms with Gasteiger partial charge in [0.15, 0.2) is 11.4 Å². The zero-order chi connectivity index (χ0) is 55.4. The number of aromatic nitrogens is 2. The highest BCUT2D eigenvalue weighted by atomic mass is 33.1. The molecule has 22 nitrogen and oxygen atoms in total. The highest BCUT2D eigenvalue weighted by Gasteiger charge is 2.40. The molecule has 2 saturated heterocycles. The number of thioether (sulfide) groups is 4. The van der Waals surface area contributed by atoms with Gasteiger partial charge in [-0.05, 0) is 43.8 Å². The summed E-state index contributed by atoms with van der Waals surface area (Å²) in [5.41, 5.74) is -0.0658. The number of rotatable bonds is 8. The maximum Gasteiger partial charge on any atom is 0.274 e. The van der Waals surface area contributed by atoms with Crippen molar-refractivity contribution in [2.75, 3.05) is 88.3 Å². The monoisotopic (exact) mass is 1160 g/mol. The smallest absolute Gasteiger partial charge is 0.274 e. The van der Waals surface area contributed by atoms with E-state index in [1.54, 1.807) is 61.0 Å². The van der Waals surface area contributed by atoms with Gasteiger partial charge in [0.25, 0.3) is 11.8 Å². The van der Waals surface area contributed by atoms with Crippen LogP contribution in [0.15, 0.2) is 60.7 Å². The van der Waals surface area contributed by atoms with E-state index >= 15 is 0 Å². The van der Waals surface area contributed by atoms with Gasteiger partial charge in [-0.15, -0.1) is 0 Å². The first-order valence-corrected chi connectivity index (χ1v) is 30.6. The van der Waals surface area contributed by atoms with Crippen molar-refractivity contribution < 1.29 is 58.5 Å². The topological polar surface area (TPSA) is 301 Å². The molecular weight excluding hydrogens is 1100 g/mol. The number of carbonyl (C=O) groups is 9. The summed E-state index contributed by atoms with van der Waals surface area (Å²) < 4.78 is 0. The molecule has 0 spiro atoms. The number of aliphatic hydroxyl groups excluding tert-OH is 1. The Balaban J connectivity index is 1.36. The Bertz CT molecular complexity index is 2850. The van der Waals surface area contributed by atoms with Crippen LogP contribution >= 0.6 is 68.6 Å². The molecule has 7 N–H and O–H groups in total. The molecule has 6 rings (SSSR count). The molecule has 0 aliphatic carbocycles. The van der Waals surface area contributed by atoms with Crippen molar-refractivity contribution in [2.24, 2.45) is 0 Å². The second-order valence-electron chi connectivity index (χ2n) is 17.5. The van der Waals surface area contributed by atoms with Crippen molar-refractivity contribution in [3.8, 4) is 11.5 Å². The fourth-order valence-corrected chi connectivity index (χ4v) is 14.1. The summed E-state index contributed by atoms with van der Waals surface area (Å²) in [6.07, 6.45) is 1.89. The van der Waals surface area contributed by atoms with Crippen LogP contribution in [-0.4, -0.2) is 227 Å². The van der Waals surface area contributed by atoms with Gasteiger partial charge in [0.2, 0.25) is 39.8 Å². The van der Waals surface area contributed by atoms with Gasteiger partial charge in [0.1, 0.15) is 41.9 Å². The van der Waals surface area contributed by atoms with Crippen LogP contribution in [0.2, 0.25) is 0 Å². The number of likely N-dealkylation sites (N-methyl/N-ethyl adjacent to an activating group) is 4. The van der Waals surface area contributed by atoms with Crippen LogP contribution in [0.1, 0.15) is 21.0 Å². The molecule has 28 heteroatoms. The van der Waals surface area contributed by atoms with Crippen molar-refractivity contribution in [1.82, 2.24) is 50.8 Å². The van der Waals surface area contributed by atoms with Gasteiger partial charge in [-0.2, -0.15) is 23.5 Å². The summed E-state index contributed by atoms with van der Waals surface area (Å²) >= 11 is 3.81. The van der Waals surface area contributed by atoms with E-state index in [1.807, 2.05) is 0 Å². The van der Waals surface area contributed by atoms with Crippen LogP contribution in [-0.2, 0) is 33.6 Å². The van der Waals surface area contributed by atoms with Crippen molar-refractivity contribution in [3.63, 3.8) is 0 Å². The van der Waals surface area contributed by atoms with Gasteiger partial charge in [-0.25, -0.2) is 9.97 Å². The molecule has 7 amide bonds. The van der Waals surface area contributed by atoms with Gasteiger partial charge in [-0.3, -0.25) is 48.1 Å². The Hall–Kier alpha value is -5.49. The minimum Gasteiger partial charge on any atom is -0.505 e. The molecular formula is C48H58N10O12S6. The number of nitrogens with zero attached hydrogens (tertiary/aromatic N) is 6. The SMILES string of the molecule is CSC[C@H]1C(=O)SC[C@@H](NC(=O)c2nc3ccccc3cc2O)C(=O)NCC(=O)N(C)C2CSSCC(C(=O)N1C)N(C)C(=O)CNC(=O)[C@H](NC(=O)c1nc3ccccc3cc1O)CSC(=O)[C@H](CSC)N(C)C2O. The molecule has 2 aromatic heterocycles. The lowest BCUT2D eigenvalue weighted by atomic mass is 10.1. The van der Waals surface area contributed by atoms with Crippen molar-refractivity contribution in [1.29, 1.82) is 0 Å².